The molecule has 0 aromatic carbocycles. The summed E-state index contributed by atoms with van der Waals surface area (Å²) >= 11 is 6.12. The van der Waals surface area contributed by atoms with Crippen LogP contribution in [0.1, 0.15) is 0 Å². The third-order valence-corrected chi connectivity index (χ3v) is 8.86. The number of nitrogens with zero attached hydrogens (tertiary/aromatic N) is 2. The van der Waals surface area contributed by atoms with E-state index in [1.807, 2.05) is 0 Å². The number of carbonyl (C=O) groups excluding carboxylic acids is 2. The van der Waals surface area contributed by atoms with E-state index in [9.17, 15) is 14.0 Å². The Morgan fingerprint density at radius 3 is 2.32 bits per heavy atom. The Labute approximate surface area is 147 Å². The first-order valence-electron chi connectivity index (χ1n) is 8.90. The Kier molecular flexibility index (Phi) is 1.93. The van der Waals surface area contributed by atoms with E-state index < -0.39 is 6.17 Å². The van der Waals surface area contributed by atoms with Gasteiger partial charge in [0.25, 0.3) is 0 Å². The predicted octanol–water partition coefficient (Wildman–Crippen LogP) is 1.59. The van der Waals surface area contributed by atoms with Gasteiger partial charge in [-0.15, -0.1) is 0 Å². The molecular weight excluding hydrogens is 345 g/mol. The molecule has 128 valence electrons. The summed E-state index contributed by atoms with van der Waals surface area (Å²) in [5, 5.41) is 3.45. The molecule has 1 aromatic heterocycles. The van der Waals surface area contributed by atoms with E-state index in [1.54, 1.807) is 23.4 Å². The van der Waals surface area contributed by atoms with Gasteiger partial charge in [-0.05, 0) is 41.6 Å². The Morgan fingerprint density at radius 1 is 1.16 bits per heavy atom. The highest BCUT2D eigenvalue weighted by atomic mass is 35.5. The second-order valence-corrected chi connectivity index (χ2v) is 9.04. The number of anilines is 1. The first kappa shape index (κ1) is 13.5. The number of pyridine rings is 1. The van der Waals surface area contributed by atoms with Crippen LogP contribution in [0.2, 0.25) is 5.02 Å². The van der Waals surface area contributed by atoms with Crippen LogP contribution in [0.4, 0.5) is 10.1 Å². The fourth-order valence-electron chi connectivity index (χ4n) is 7.97. The number of amides is 2. The number of carbonyl (C=O) groups is 2. The van der Waals surface area contributed by atoms with Crippen molar-refractivity contribution in [3.8, 4) is 0 Å². The molecule has 7 heteroatoms. The highest BCUT2D eigenvalue weighted by Crippen LogP contribution is 3.10. The number of hydrogen-bond donors (Lipinski definition) is 1. The highest BCUT2D eigenvalue weighted by Gasteiger charge is 3.13. The van der Waals surface area contributed by atoms with Gasteiger partial charge in [-0.2, -0.15) is 0 Å². The summed E-state index contributed by atoms with van der Waals surface area (Å²) in [7, 11) is 0. The van der Waals surface area contributed by atoms with Crippen LogP contribution < -0.4 is 5.32 Å². The van der Waals surface area contributed by atoms with Gasteiger partial charge in [0.15, 0.2) is 0 Å². The Morgan fingerprint density at radius 2 is 1.76 bits per heavy atom. The first-order valence-corrected chi connectivity index (χ1v) is 9.28. The van der Waals surface area contributed by atoms with Crippen LogP contribution in [0.15, 0.2) is 18.5 Å². The van der Waals surface area contributed by atoms with Gasteiger partial charge in [-0.25, -0.2) is 4.39 Å². The monoisotopic (exact) mass is 359 g/mol. The lowest BCUT2D eigenvalue weighted by molar-refractivity contribution is -0.624. The first-order chi connectivity index (χ1) is 12.1. The summed E-state index contributed by atoms with van der Waals surface area (Å²) in [5.74, 6) is 2.41. The number of alkyl halides is 1. The van der Waals surface area contributed by atoms with Gasteiger partial charge in [0, 0.05) is 6.20 Å². The maximum Gasteiger partial charge on any atom is 0.231 e. The van der Waals surface area contributed by atoms with Crippen LogP contribution in [0.5, 0.6) is 0 Å². The van der Waals surface area contributed by atoms with E-state index >= 15 is 0 Å². The van der Waals surface area contributed by atoms with E-state index in [0.29, 0.717) is 46.2 Å². The number of hydrogen-bond acceptors (Lipinski definition) is 3. The van der Waals surface area contributed by atoms with Crippen LogP contribution in [-0.4, -0.2) is 41.0 Å². The lowest BCUT2D eigenvalue weighted by Crippen LogP contribution is -3.12. The van der Waals surface area contributed by atoms with Crippen molar-refractivity contribution in [2.45, 2.75) is 6.17 Å². The second-order valence-electron chi connectivity index (χ2n) is 8.64. The highest BCUT2D eigenvalue weighted by molar-refractivity contribution is 6.33. The van der Waals surface area contributed by atoms with E-state index in [-0.39, 0.29) is 35.7 Å². The molecule has 1 N–H and O–H groups in total. The minimum atomic E-state index is -0.849. The summed E-state index contributed by atoms with van der Waals surface area (Å²) in [4.78, 5) is 31.4. The van der Waals surface area contributed by atoms with Crippen LogP contribution in [0.3, 0.4) is 0 Å². The standard InChI is InChI=1S/C18H15ClFN3O2/c19-7-1-2-21-3-8(7)22-15(24)17-9-12-10(17)14-11(17)13(9)18(12,14)16(25)23-4-6(20)5-23/h1-3,6,9-14H,4-5H2,(H,22,24). The summed E-state index contributed by atoms with van der Waals surface area (Å²) in [6.45, 7) is 0.524. The molecule has 0 atom stereocenters. The van der Waals surface area contributed by atoms with Crippen LogP contribution in [-0.2, 0) is 9.59 Å². The minimum absolute atomic E-state index is 0.0553. The third-order valence-electron chi connectivity index (χ3n) is 8.53. The van der Waals surface area contributed by atoms with Crippen molar-refractivity contribution in [1.29, 1.82) is 0 Å². The Balaban J connectivity index is 1.13. The van der Waals surface area contributed by atoms with Crippen LogP contribution in [0, 0.1) is 46.3 Å². The lowest BCUT2D eigenvalue weighted by Gasteiger charge is -3.09. The van der Waals surface area contributed by atoms with Crippen LogP contribution in [0.25, 0.3) is 0 Å². The van der Waals surface area contributed by atoms with Crippen molar-refractivity contribution >= 4 is 29.1 Å². The average molecular weight is 360 g/mol. The number of halogens is 2. The predicted molar refractivity (Wildman–Crippen MR) is 85.2 cm³/mol. The van der Waals surface area contributed by atoms with Gasteiger partial charge in [0.2, 0.25) is 11.8 Å². The molecule has 25 heavy (non-hydrogen) atoms. The topological polar surface area (TPSA) is 62.3 Å². The van der Waals surface area contributed by atoms with Gasteiger partial charge in [-0.3, -0.25) is 14.6 Å². The Bertz CT molecular complexity index is 845. The molecule has 0 spiro atoms. The molecule has 6 saturated carbocycles. The maximum atomic E-state index is 13.1. The van der Waals surface area contributed by atoms with Crippen molar-refractivity contribution < 1.29 is 14.0 Å². The lowest BCUT2D eigenvalue weighted by atomic mass is 8.92. The Hall–Kier alpha value is -1.69. The summed E-state index contributed by atoms with van der Waals surface area (Å²) in [6, 6.07) is 1.66. The molecule has 7 aliphatic rings. The van der Waals surface area contributed by atoms with Gasteiger partial charge in [0.1, 0.15) is 6.17 Å². The van der Waals surface area contributed by atoms with E-state index in [0.717, 1.165) is 0 Å². The maximum absolute atomic E-state index is 13.1. The van der Waals surface area contributed by atoms with Gasteiger partial charge in [0.05, 0.1) is 40.8 Å². The fraction of sp³-hybridized carbons (Fsp3) is 0.611. The van der Waals surface area contributed by atoms with E-state index in [2.05, 4.69) is 10.3 Å². The zero-order valence-corrected chi connectivity index (χ0v) is 13.9. The number of nitrogens with one attached hydrogen (secondary N) is 1. The number of likely N-dealkylation sites (tertiary alicyclic amines) is 1. The molecule has 7 fully saturated rings. The summed E-state index contributed by atoms with van der Waals surface area (Å²) in [5.41, 5.74) is 0.107. The number of rotatable bonds is 3. The molecule has 1 aliphatic heterocycles. The zero-order valence-electron chi connectivity index (χ0n) is 13.2. The largest absolute Gasteiger partial charge is 0.336 e. The van der Waals surface area contributed by atoms with Crippen molar-refractivity contribution in [2.24, 2.45) is 46.3 Å². The normalized spacial score (nSPS) is 51.7. The molecule has 6 aliphatic carbocycles. The molecule has 5 nitrogen and oxygen atoms in total. The molecule has 2 heterocycles. The van der Waals surface area contributed by atoms with Gasteiger partial charge < -0.3 is 10.2 Å². The van der Waals surface area contributed by atoms with Crippen molar-refractivity contribution in [2.75, 3.05) is 18.4 Å². The number of aromatic nitrogens is 1. The smallest absolute Gasteiger partial charge is 0.231 e. The summed E-state index contributed by atoms with van der Waals surface area (Å²) in [6.07, 6.45) is 2.32. The summed E-state index contributed by atoms with van der Waals surface area (Å²) < 4.78 is 13.1. The molecule has 0 unspecified atom stereocenters. The van der Waals surface area contributed by atoms with Crippen molar-refractivity contribution in [3.63, 3.8) is 0 Å². The van der Waals surface area contributed by atoms with Crippen LogP contribution >= 0.6 is 11.6 Å². The zero-order chi connectivity index (χ0) is 16.9. The molecule has 0 bridgehead atoms. The SMILES string of the molecule is O=C(Nc1cnccc1Cl)C12C3C4C1C1C2C3C41C(=O)N1CC(F)C1. The third kappa shape index (κ3) is 0.972. The quantitative estimate of drug-likeness (QED) is 0.891. The van der Waals surface area contributed by atoms with Gasteiger partial charge >= 0.3 is 0 Å². The van der Waals surface area contributed by atoms with E-state index in [1.165, 1.54) is 0 Å². The molecule has 1 saturated heterocycles. The van der Waals surface area contributed by atoms with Gasteiger partial charge in [-0.1, -0.05) is 11.6 Å². The molecule has 0 radical (unpaired) electrons. The minimum Gasteiger partial charge on any atom is -0.336 e. The molecule has 2 amide bonds. The van der Waals surface area contributed by atoms with Crippen molar-refractivity contribution in [3.05, 3.63) is 23.5 Å². The fourth-order valence-corrected chi connectivity index (χ4v) is 8.13. The van der Waals surface area contributed by atoms with Crippen molar-refractivity contribution in [1.82, 2.24) is 9.88 Å². The average Bonchev–Trinajstić information content (AvgIpc) is 2.60. The molecule has 8 rings (SSSR count). The second kappa shape index (κ2) is 3.56. The molecular formula is C18H15ClFN3O2. The molecule has 1 aromatic rings. The van der Waals surface area contributed by atoms with E-state index in [4.69, 9.17) is 11.6 Å².